The summed E-state index contributed by atoms with van der Waals surface area (Å²) in [6.45, 7) is 2.83. The maximum atomic E-state index is 11.7. The number of hydrogen-bond donors (Lipinski definition) is 2. The standard InChI is InChI=1S/C11H16N4O/c16-11(10-8-13-5-6-14-10)15-7-9-1-3-12-4-2-9/h5-6,8-9,12H,1-4,7H2,(H,15,16). The topological polar surface area (TPSA) is 66.9 Å². The highest BCUT2D eigenvalue weighted by Gasteiger charge is 2.14. The quantitative estimate of drug-likeness (QED) is 0.764. The lowest BCUT2D eigenvalue weighted by Crippen LogP contribution is -2.36. The third-order valence-electron chi connectivity index (χ3n) is 2.81. The number of carbonyl (C=O) groups is 1. The molecular formula is C11H16N4O. The maximum Gasteiger partial charge on any atom is 0.271 e. The Morgan fingerprint density at radius 3 is 2.94 bits per heavy atom. The van der Waals surface area contributed by atoms with Gasteiger partial charge in [-0.1, -0.05) is 0 Å². The van der Waals surface area contributed by atoms with Crippen LogP contribution < -0.4 is 10.6 Å². The zero-order valence-corrected chi connectivity index (χ0v) is 9.15. The second kappa shape index (κ2) is 5.55. The Kier molecular flexibility index (Phi) is 3.82. The van der Waals surface area contributed by atoms with Crippen molar-refractivity contribution in [1.82, 2.24) is 20.6 Å². The highest BCUT2D eigenvalue weighted by atomic mass is 16.1. The van der Waals surface area contributed by atoms with Gasteiger partial charge in [-0.15, -0.1) is 0 Å². The monoisotopic (exact) mass is 220 g/mol. The van der Waals surface area contributed by atoms with Gasteiger partial charge < -0.3 is 10.6 Å². The van der Waals surface area contributed by atoms with E-state index in [0.29, 0.717) is 11.6 Å². The molecule has 5 nitrogen and oxygen atoms in total. The summed E-state index contributed by atoms with van der Waals surface area (Å²) < 4.78 is 0. The molecule has 5 heteroatoms. The van der Waals surface area contributed by atoms with E-state index in [9.17, 15) is 4.79 Å². The fourth-order valence-electron chi connectivity index (χ4n) is 1.83. The summed E-state index contributed by atoms with van der Waals surface area (Å²) in [4.78, 5) is 19.5. The van der Waals surface area contributed by atoms with Crippen LogP contribution in [0.5, 0.6) is 0 Å². The molecule has 0 aliphatic carbocycles. The van der Waals surface area contributed by atoms with Gasteiger partial charge in [0.25, 0.3) is 5.91 Å². The van der Waals surface area contributed by atoms with E-state index in [-0.39, 0.29) is 5.91 Å². The zero-order valence-electron chi connectivity index (χ0n) is 9.15. The Hall–Kier alpha value is -1.49. The molecule has 0 bridgehead atoms. The van der Waals surface area contributed by atoms with E-state index in [1.54, 1.807) is 6.20 Å². The largest absolute Gasteiger partial charge is 0.350 e. The molecule has 1 amide bonds. The second-order valence-electron chi connectivity index (χ2n) is 3.99. The molecule has 0 unspecified atom stereocenters. The first-order chi connectivity index (χ1) is 7.86. The fourth-order valence-corrected chi connectivity index (χ4v) is 1.83. The molecule has 0 saturated carbocycles. The summed E-state index contributed by atoms with van der Waals surface area (Å²) in [5.41, 5.74) is 0.386. The Morgan fingerprint density at radius 2 is 2.25 bits per heavy atom. The average molecular weight is 220 g/mol. The van der Waals surface area contributed by atoms with Gasteiger partial charge in [0.05, 0.1) is 6.20 Å². The molecule has 2 rings (SSSR count). The number of nitrogens with zero attached hydrogens (tertiary/aromatic N) is 2. The van der Waals surface area contributed by atoms with E-state index in [0.717, 1.165) is 32.5 Å². The van der Waals surface area contributed by atoms with Crippen LogP contribution >= 0.6 is 0 Å². The van der Waals surface area contributed by atoms with E-state index < -0.39 is 0 Å². The van der Waals surface area contributed by atoms with Crippen LogP contribution in [0.1, 0.15) is 23.3 Å². The first kappa shape index (κ1) is 11.0. The summed E-state index contributed by atoms with van der Waals surface area (Å²) in [7, 11) is 0. The molecule has 1 fully saturated rings. The van der Waals surface area contributed by atoms with Gasteiger partial charge in [0.1, 0.15) is 5.69 Å². The van der Waals surface area contributed by atoms with E-state index in [1.165, 1.54) is 12.4 Å². The number of piperidine rings is 1. The minimum absolute atomic E-state index is 0.133. The van der Waals surface area contributed by atoms with Gasteiger partial charge in [-0.25, -0.2) is 4.98 Å². The van der Waals surface area contributed by atoms with Gasteiger partial charge in [0, 0.05) is 18.9 Å². The normalized spacial score (nSPS) is 17.0. The molecular weight excluding hydrogens is 204 g/mol. The molecule has 1 aromatic heterocycles. The van der Waals surface area contributed by atoms with Crippen LogP contribution in [-0.4, -0.2) is 35.5 Å². The fraction of sp³-hybridized carbons (Fsp3) is 0.545. The predicted molar refractivity (Wildman–Crippen MR) is 60.0 cm³/mol. The van der Waals surface area contributed by atoms with Gasteiger partial charge in [-0.05, 0) is 31.8 Å². The molecule has 2 heterocycles. The van der Waals surface area contributed by atoms with Crippen molar-refractivity contribution < 1.29 is 4.79 Å². The van der Waals surface area contributed by atoms with E-state index >= 15 is 0 Å². The Balaban J connectivity index is 1.79. The zero-order chi connectivity index (χ0) is 11.2. The van der Waals surface area contributed by atoms with Gasteiger partial charge in [0.15, 0.2) is 0 Å². The van der Waals surface area contributed by atoms with Gasteiger partial charge >= 0.3 is 0 Å². The lowest BCUT2D eigenvalue weighted by atomic mass is 9.98. The highest BCUT2D eigenvalue weighted by Crippen LogP contribution is 2.09. The second-order valence-corrected chi connectivity index (χ2v) is 3.99. The lowest BCUT2D eigenvalue weighted by Gasteiger charge is -2.22. The van der Waals surface area contributed by atoms with Crippen LogP contribution in [0.15, 0.2) is 18.6 Å². The van der Waals surface area contributed by atoms with Crippen molar-refractivity contribution in [3.05, 3.63) is 24.3 Å². The third-order valence-corrected chi connectivity index (χ3v) is 2.81. The summed E-state index contributed by atoms with van der Waals surface area (Å²) >= 11 is 0. The van der Waals surface area contributed by atoms with Crippen LogP contribution in [0, 0.1) is 5.92 Å². The smallest absolute Gasteiger partial charge is 0.271 e. The van der Waals surface area contributed by atoms with Crippen LogP contribution in [0.2, 0.25) is 0 Å². The number of amides is 1. The Labute approximate surface area is 94.7 Å². The molecule has 86 valence electrons. The SMILES string of the molecule is O=C(NCC1CCNCC1)c1cnccn1. The van der Waals surface area contributed by atoms with Crippen LogP contribution in [0.3, 0.4) is 0 Å². The van der Waals surface area contributed by atoms with Crippen LogP contribution in [-0.2, 0) is 0 Å². The molecule has 0 spiro atoms. The summed E-state index contributed by atoms with van der Waals surface area (Å²) in [6.07, 6.45) is 6.82. The van der Waals surface area contributed by atoms with E-state index in [1.807, 2.05) is 0 Å². The first-order valence-electron chi connectivity index (χ1n) is 5.61. The number of hydrogen-bond acceptors (Lipinski definition) is 4. The van der Waals surface area contributed by atoms with Crippen molar-refractivity contribution >= 4 is 5.91 Å². The predicted octanol–water partition coefficient (Wildman–Crippen LogP) is 0.206. The lowest BCUT2D eigenvalue weighted by molar-refractivity contribution is 0.0939. The average Bonchev–Trinajstić information content (AvgIpc) is 2.38. The van der Waals surface area contributed by atoms with Gasteiger partial charge in [-0.3, -0.25) is 9.78 Å². The van der Waals surface area contributed by atoms with E-state index in [2.05, 4.69) is 20.6 Å². The van der Waals surface area contributed by atoms with Crippen LogP contribution in [0.4, 0.5) is 0 Å². The first-order valence-corrected chi connectivity index (χ1v) is 5.61. The number of carbonyl (C=O) groups excluding carboxylic acids is 1. The number of aromatic nitrogens is 2. The molecule has 1 aliphatic rings. The summed E-state index contributed by atoms with van der Waals surface area (Å²) in [5, 5.41) is 6.20. The van der Waals surface area contributed by atoms with Crippen molar-refractivity contribution in [3.63, 3.8) is 0 Å². The van der Waals surface area contributed by atoms with Crippen molar-refractivity contribution in [3.8, 4) is 0 Å². The minimum atomic E-state index is -0.133. The summed E-state index contributed by atoms with van der Waals surface area (Å²) in [6, 6.07) is 0. The van der Waals surface area contributed by atoms with Crippen molar-refractivity contribution in [1.29, 1.82) is 0 Å². The van der Waals surface area contributed by atoms with E-state index in [4.69, 9.17) is 0 Å². The van der Waals surface area contributed by atoms with Crippen molar-refractivity contribution in [2.45, 2.75) is 12.8 Å². The molecule has 0 radical (unpaired) electrons. The molecule has 2 N–H and O–H groups in total. The van der Waals surface area contributed by atoms with Gasteiger partial charge in [0.2, 0.25) is 0 Å². The highest BCUT2D eigenvalue weighted by molar-refractivity contribution is 5.91. The molecule has 16 heavy (non-hydrogen) atoms. The molecule has 1 aliphatic heterocycles. The minimum Gasteiger partial charge on any atom is -0.350 e. The molecule has 0 aromatic carbocycles. The van der Waals surface area contributed by atoms with Crippen LogP contribution in [0.25, 0.3) is 0 Å². The number of rotatable bonds is 3. The summed E-state index contributed by atoms with van der Waals surface area (Å²) in [5.74, 6) is 0.452. The molecule has 1 aromatic rings. The Bertz CT molecular complexity index is 335. The van der Waals surface area contributed by atoms with Crippen molar-refractivity contribution in [2.75, 3.05) is 19.6 Å². The molecule has 0 atom stereocenters. The third kappa shape index (κ3) is 3.00. The Morgan fingerprint density at radius 1 is 1.44 bits per heavy atom. The molecule has 1 saturated heterocycles. The number of nitrogens with one attached hydrogen (secondary N) is 2. The van der Waals surface area contributed by atoms with Crippen molar-refractivity contribution in [2.24, 2.45) is 5.92 Å². The maximum absolute atomic E-state index is 11.7. The van der Waals surface area contributed by atoms with Gasteiger partial charge in [-0.2, -0.15) is 0 Å².